The van der Waals surface area contributed by atoms with E-state index in [1.54, 1.807) is 32.4 Å². The zero-order valence-corrected chi connectivity index (χ0v) is 14.9. The summed E-state index contributed by atoms with van der Waals surface area (Å²) >= 11 is 0. The van der Waals surface area contributed by atoms with Crippen LogP contribution in [0.2, 0.25) is 0 Å². The number of benzene rings is 1. The van der Waals surface area contributed by atoms with Crippen LogP contribution < -0.4 is 9.47 Å². The third-order valence-corrected chi connectivity index (χ3v) is 3.86. The Labute approximate surface area is 143 Å². The first kappa shape index (κ1) is 18.5. The number of hydrogen-bond donors (Lipinski definition) is 0. The van der Waals surface area contributed by atoms with Crippen LogP contribution in [-0.4, -0.2) is 63.7 Å². The van der Waals surface area contributed by atoms with Gasteiger partial charge in [0.15, 0.2) is 11.5 Å². The van der Waals surface area contributed by atoms with Gasteiger partial charge in [0, 0.05) is 32.8 Å². The van der Waals surface area contributed by atoms with Gasteiger partial charge in [0.05, 0.1) is 37.1 Å². The normalized spacial score (nSPS) is 20.4. The lowest BCUT2D eigenvalue weighted by Gasteiger charge is -2.42. The van der Waals surface area contributed by atoms with Crippen LogP contribution in [0.15, 0.2) is 18.2 Å². The van der Waals surface area contributed by atoms with Crippen LogP contribution in [0.4, 0.5) is 0 Å². The van der Waals surface area contributed by atoms with Gasteiger partial charge in [-0.2, -0.15) is 5.26 Å². The van der Waals surface area contributed by atoms with Crippen molar-refractivity contribution >= 4 is 0 Å². The maximum atomic E-state index is 8.94. The number of methoxy groups -OCH3 is 2. The summed E-state index contributed by atoms with van der Waals surface area (Å²) < 4.78 is 22.4. The Morgan fingerprint density at radius 3 is 2.79 bits per heavy atom. The van der Waals surface area contributed by atoms with Crippen molar-refractivity contribution in [3.63, 3.8) is 0 Å². The smallest absolute Gasteiger partial charge is 0.162 e. The van der Waals surface area contributed by atoms with Gasteiger partial charge in [-0.05, 0) is 26.0 Å². The minimum atomic E-state index is -0.201. The van der Waals surface area contributed by atoms with Crippen molar-refractivity contribution in [1.82, 2.24) is 4.90 Å². The molecule has 0 aliphatic carbocycles. The van der Waals surface area contributed by atoms with Crippen LogP contribution in [0.25, 0.3) is 0 Å². The first-order valence-corrected chi connectivity index (χ1v) is 8.07. The van der Waals surface area contributed by atoms with Gasteiger partial charge in [0.25, 0.3) is 0 Å². The molecule has 1 aliphatic rings. The zero-order chi connectivity index (χ0) is 17.6. The van der Waals surface area contributed by atoms with Gasteiger partial charge in [-0.3, -0.25) is 4.90 Å². The summed E-state index contributed by atoms with van der Waals surface area (Å²) in [6, 6.07) is 7.27. The molecule has 6 nitrogen and oxygen atoms in total. The van der Waals surface area contributed by atoms with Crippen LogP contribution in [0.3, 0.4) is 0 Å². The molecule has 1 aromatic rings. The molecular formula is C18H26N2O4. The molecule has 0 saturated carbocycles. The number of morpholine rings is 1. The zero-order valence-electron chi connectivity index (χ0n) is 14.9. The Hall–Kier alpha value is -1.81. The highest BCUT2D eigenvalue weighted by atomic mass is 16.5. The molecule has 6 heteroatoms. The highest BCUT2D eigenvalue weighted by Crippen LogP contribution is 2.28. The third-order valence-electron chi connectivity index (χ3n) is 3.86. The second kappa shape index (κ2) is 8.34. The summed E-state index contributed by atoms with van der Waals surface area (Å²) in [5.41, 5.74) is 0.352. The molecule has 0 radical (unpaired) electrons. The maximum absolute atomic E-state index is 8.94. The lowest BCUT2D eigenvalue weighted by molar-refractivity contribution is -0.153. The van der Waals surface area contributed by atoms with Crippen LogP contribution >= 0.6 is 0 Å². The van der Waals surface area contributed by atoms with E-state index in [-0.39, 0.29) is 11.7 Å². The minimum Gasteiger partial charge on any atom is -0.493 e. The van der Waals surface area contributed by atoms with E-state index in [9.17, 15) is 0 Å². The Balaban J connectivity index is 1.90. The quantitative estimate of drug-likeness (QED) is 0.761. The van der Waals surface area contributed by atoms with Crippen molar-refractivity contribution < 1.29 is 18.9 Å². The largest absolute Gasteiger partial charge is 0.493 e. The SMILES string of the molecule is COC[C@H]1CN(CCOc2ccc(C#N)cc2OC)CC(C)(C)O1. The van der Waals surface area contributed by atoms with Crippen molar-refractivity contribution in [2.24, 2.45) is 0 Å². The summed E-state index contributed by atoms with van der Waals surface area (Å²) in [7, 11) is 3.26. The van der Waals surface area contributed by atoms with Gasteiger partial charge in [-0.25, -0.2) is 0 Å². The standard InChI is InChI=1S/C18H26N2O4/c1-18(2)13-20(11-15(24-18)12-21-3)7-8-23-16-6-5-14(10-19)9-17(16)22-4/h5-6,9,15H,7-8,11-13H2,1-4H3/t15-/m1/s1. The second-order valence-corrected chi connectivity index (χ2v) is 6.52. The molecule has 1 aliphatic heterocycles. The molecule has 1 fully saturated rings. The van der Waals surface area contributed by atoms with Crippen molar-refractivity contribution in [2.45, 2.75) is 25.6 Å². The number of nitriles is 1. The monoisotopic (exact) mass is 334 g/mol. The molecule has 1 aromatic carbocycles. The van der Waals surface area contributed by atoms with Crippen molar-refractivity contribution in [1.29, 1.82) is 5.26 Å². The van der Waals surface area contributed by atoms with Crippen molar-refractivity contribution in [2.75, 3.05) is 47.1 Å². The molecule has 0 aromatic heterocycles. The van der Waals surface area contributed by atoms with Gasteiger partial charge in [-0.1, -0.05) is 0 Å². The Kier molecular flexibility index (Phi) is 6.44. The van der Waals surface area contributed by atoms with Crippen LogP contribution in [0, 0.1) is 11.3 Å². The topological polar surface area (TPSA) is 64.0 Å². The van der Waals surface area contributed by atoms with Gasteiger partial charge >= 0.3 is 0 Å². The molecule has 2 rings (SSSR count). The van der Waals surface area contributed by atoms with Gasteiger partial charge in [-0.15, -0.1) is 0 Å². The fourth-order valence-corrected chi connectivity index (χ4v) is 3.00. The molecule has 0 unspecified atom stereocenters. The molecule has 1 heterocycles. The fraction of sp³-hybridized carbons (Fsp3) is 0.611. The minimum absolute atomic E-state index is 0.0724. The molecule has 1 atom stereocenters. The fourth-order valence-electron chi connectivity index (χ4n) is 3.00. The summed E-state index contributed by atoms with van der Waals surface area (Å²) in [4.78, 5) is 2.32. The van der Waals surface area contributed by atoms with E-state index in [1.807, 2.05) is 0 Å². The van der Waals surface area contributed by atoms with Crippen LogP contribution in [0.5, 0.6) is 11.5 Å². The van der Waals surface area contributed by atoms with E-state index in [0.29, 0.717) is 30.3 Å². The molecular weight excluding hydrogens is 308 g/mol. The number of nitrogens with zero attached hydrogens (tertiary/aromatic N) is 2. The lowest BCUT2D eigenvalue weighted by Crippen LogP contribution is -2.54. The summed E-state index contributed by atoms with van der Waals surface area (Å²) in [6.07, 6.45) is 0.0724. The van der Waals surface area contributed by atoms with E-state index in [1.165, 1.54) is 0 Å². The third kappa shape index (κ3) is 5.10. The van der Waals surface area contributed by atoms with E-state index in [0.717, 1.165) is 19.6 Å². The average Bonchev–Trinajstić information content (AvgIpc) is 2.54. The highest BCUT2D eigenvalue weighted by Gasteiger charge is 2.33. The molecule has 0 spiro atoms. The highest BCUT2D eigenvalue weighted by molar-refractivity contribution is 5.46. The number of rotatable bonds is 7. The maximum Gasteiger partial charge on any atom is 0.162 e. The number of ether oxygens (including phenoxy) is 4. The number of hydrogen-bond acceptors (Lipinski definition) is 6. The van der Waals surface area contributed by atoms with Gasteiger partial charge in [0.1, 0.15) is 6.61 Å². The van der Waals surface area contributed by atoms with Crippen LogP contribution in [-0.2, 0) is 9.47 Å². The first-order valence-electron chi connectivity index (χ1n) is 8.07. The summed E-state index contributed by atoms with van der Waals surface area (Å²) in [5, 5.41) is 8.94. The van der Waals surface area contributed by atoms with E-state index in [4.69, 9.17) is 24.2 Å². The van der Waals surface area contributed by atoms with Crippen LogP contribution in [0.1, 0.15) is 19.4 Å². The summed E-state index contributed by atoms with van der Waals surface area (Å²) in [6.45, 7) is 7.77. The van der Waals surface area contributed by atoms with E-state index in [2.05, 4.69) is 24.8 Å². The molecule has 0 N–H and O–H groups in total. The molecule has 0 amide bonds. The Bertz CT molecular complexity index is 583. The lowest BCUT2D eigenvalue weighted by atomic mass is 10.1. The summed E-state index contributed by atoms with van der Waals surface area (Å²) in [5.74, 6) is 1.23. The van der Waals surface area contributed by atoms with Crippen molar-refractivity contribution in [3.05, 3.63) is 23.8 Å². The predicted octanol–water partition coefficient (Wildman–Crippen LogP) is 2.07. The molecule has 132 valence electrons. The van der Waals surface area contributed by atoms with E-state index >= 15 is 0 Å². The molecule has 24 heavy (non-hydrogen) atoms. The second-order valence-electron chi connectivity index (χ2n) is 6.52. The van der Waals surface area contributed by atoms with Crippen molar-refractivity contribution in [3.8, 4) is 17.6 Å². The molecule has 0 bridgehead atoms. The van der Waals surface area contributed by atoms with Gasteiger partial charge < -0.3 is 18.9 Å². The van der Waals surface area contributed by atoms with E-state index < -0.39 is 0 Å². The Morgan fingerprint density at radius 1 is 1.33 bits per heavy atom. The predicted molar refractivity (Wildman–Crippen MR) is 90.5 cm³/mol. The first-order chi connectivity index (χ1) is 11.5. The average molecular weight is 334 g/mol. The van der Waals surface area contributed by atoms with Gasteiger partial charge in [0.2, 0.25) is 0 Å². The molecule has 1 saturated heterocycles. The Morgan fingerprint density at radius 2 is 2.12 bits per heavy atom.